The standard InChI is InChI=1S/C8H9NO2S/c9-5-4-6(11-8(5)10)7-2-1-3-12-7/h1-3,5-6H,4,9H2. The van der Waals surface area contributed by atoms with Crippen LogP contribution >= 0.6 is 11.3 Å². The van der Waals surface area contributed by atoms with Gasteiger partial charge >= 0.3 is 5.97 Å². The van der Waals surface area contributed by atoms with Gasteiger partial charge in [-0.2, -0.15) is 0 Å². The Hall–Kier alpha value is -0.870. The number of thiophene rings is 1. The minimum absolute atomic E-state index is 0.104. The fourth-order valence-corrected chi connectivity index (χ4v) is 2.02. The van der Waals surface area contributed by atoms with Gasteiger partial charge in [-0.3, -0.25) is 4.79 Å². The molecule has 0 spiro atoms. The van der Waals surface area contributed by atoms with Gasteiger partial charge in [0.2, 0.25) is 0 Å². The number of hydrogen-bond donors (Lipinski definition) is 1. The molecule has 2 atom stereocenters. The third-order valence-electron chi connectivity index (χ3n) is 1.89. The second kappa shape index (κ2) is 2.88. The Morgan fingerprint density at radius 2 is 2.50 bits per heavy atom. The van der Waals surface area contributed by atoms with E-state index in [1.165, 1.54) is 0 Å². The monoisotopic (exact) mass is 183 g/mol. The third-order valence-corrected chi connectivity index (χ3v) is 2.85. The lowest BCUT2D eigenvalue weighted by atomic mass is 10.1. The highest BCUT2D eigenvalue weighted by molar-refractivity contribution is 7.10. The molecular weight excluding hydrogens is 174 g/mol. The van der Waals surface area contributed by atoms with Crippen molar-refractivity contribution in [3.8, 4) is 0 Å². The zero-order chi connectivity index (χ0) is 8.55. The van der Waals surface area contributed by atoms with E-state index < -0.39 is 6.04 Å². The summed E-state index contributed by atoms with van der Waals surface area (Å²) < 4.78 is 5.06. The molecule has 3 nitrogen and oxygen atoms in total. The maximum absolute atomic E-state index is 10.9. The van der Waals surface area contributed by atoms with Crippen LogP contribution in [0.15, 0.2) is 17.5 Å². The van der Waals surface area contributed by atoms with E-state index in [-0.39, 0.29) is 12.1 Å². The Bertz CT molecular complexity index is 283. The summed E-state index contributed by atoms with van der Waals surface area (Å²) in [7, 11) is 0. The van der Waals surface area contributed by atoms with E-state index in [0.717, 1.165) is 4.88 Å². The Morgan fingerprint density at radius 1 is 1.67 bits per heavy atom. The Kier molecular flexibility index (Phi) is 1.86. The molecule has 12 heavy (non-hydrogen) atoms. The highest BCUT2D eigenvalue weighted by Gasteiger charge is 2.32. The number of nitrogens with two attached hydrogens (primary N) is 1. The highest BCUT2D eigenvalue weighted by Crippen LogP contribution is 2.31. The summed E-state index contributed by atoms with van der Waals surface area (Å²) in [5, 5.41) is 1.97. The largest absolute Gasteiger partial charge is 0.455 e. The van der Waals surface area contributed by atoms with Gasteiger partial charge < -0.3 is 10.5 Å². The second-order valence-corrected chi connectivity index (χ2v) is 3.76. The lowest BCUT2D eigenvalue weighted by Crippen LogP contribution is -2.24. The fraction of sp³-hybridized carbons (Fsp3) is 0.375. The van der Waals surface area contributed by atoms with Crippen molar-refractivity contribution in [2.24, 2.45) is 5.73 Å². The molecule has 4 heteroatoms. The van der Waals surface area contributed by atoms with Crippen molar-refractivity contribution >= 4 is 17.3 Å². The third kappa shape index (κ3) is 1.23. The van der Waals surface area contributed by atoms with E-state index in [0.29, 0.717) is 6.42 Å². The summed E-state index contributed by atoms with van der Waals surface area (Å²) in [4.78, 5) is 12.0. The summed E-state index contributed by atoms with van der Waals surface area (Å²) in [6.07, 6.45) is 0.506. The van der Waals surface area contributed by atoms with E-state index in [2.05, 4.69) is 0 Å². The van der Waals surface area contributed by atoms with Gasteiger partial charge in [-0.05, 0) is 11.4 Å². The van der Waals surface area contributed by atoms with Crippen molar-refractivity contribution < 1.29 is 9.53 Å². The quantitative estimate of drug-likeness (QED) is 0.662. The molecule has 1 aromatic rings. The molecule has 0 saturated carbocycles. The van der Waals surface area contributed by atoms with Gasteiger partial charge in [-0.1, -0.05) is 6.07 Å². The first-order valence-electron chi connectivity index (χ1n) is 3.77. The molecule has 2 rings (SSSR count). The van der Waals surface area contributed by atoms with Gasteiger partial charge in [0.15, 0.2) is 0 Å². The van der Waals surface area contributed by atoms with E-state index in [1.54, 1.807) is 11.3 Å². The number of carbonyl (C=O) groups is 1. The van der Waals surface area contributed by atoms with Crippen LogP contribution in [0.4, 0.5) is 0 Å². The summed E-state index contributed by atoms with van der Waals surface area (Å²) in [6, 6.07) is 3.47. The van der Waals surface area contributed by atoms with Crippen molar-refractivity contribution in [1.29, 1.82) is 0 Å². The van der Waals surface area contributed by atoms with Crippen LogP contribution in [-0.4, -0.2) is 12.0 Å². The number of ether oxygens (including phenoxy) is 1. The van der Waals surface area contributed by atoms with E-state index >= 15 is 0 Å². The molecule has 0 aliphatic carbocycles. The van der Waals surface area contributed by atoms with E-state index in [9.17, 15) is 4.79 Å². The van der Waals surface area contributed by atoms with Gasteiger partial charge in [-0.25, -0.2) is 0 Å². The van der Waals surface area contributed by atoms with Crippen LogP contribution < -0.4 is 5.73 Å². The summed E-state index contributed by atoms with van der Waals surface area (Å²) in [5.74, 6) is -0.284. The Balaban J connectivity index is 2.14. The Morgan fingerprint density at radius 3 is 3.00 bits per heavy atom. The van der Waals surface area contributed by atoms with Crippen molar-refractivity contribution in [2.45, 2.75) is 18.6 Å². The van der Waals surface area contributed by atoms with Crippen LogP contribution in [0.3, 0.4) is 0 Å². The SMILES string of the molecule is NC1CC(c2cccs2)OC1=O. The fourth-order valence-electron chi connectivity index (χ4n) is 1.25. The minimum atomic E-state index is -0.433. The summed E-state index contributed by atoms with van der Waals surface area (Å²) in [6.45, 7) is 0. The average Bonchev–Trinajstić information content (AvgIpc) is 2.61. The topological polar surface area (TPSA) is 52.3 Å². The Labute approximate surface area is 74.1 Å². The van der Waals surface area contributed by atoms with Crippen LogP contribution in [0.25, 0.3) is 0 Å². The molecular formula is C8H9NO2S. The molecule has 1 saturated heterocycles. The summed E-state index contributed by atoms with van der Waals surface area (Å²) in [5.41, 5.74) is 5.50. The van der Waals surface area contributed by atoms with Crippen LogP contribution in [0, 0.1) is 0 Å². The van der Waals surface area contributed by atoms with Gasteiger partial charge in [0.25, 0.3) is 0 Å². The van der Waals surface area contributed by atoms with Gasteiger partial charge in [0.05, 0.1) is 0 Å². The predicted octanol–water partition coefficient (Wildman–Crippen LogP) is 1.06. The molecule has 1 aliphatic heterocycles. The lowest BCUT2D eigenvalue weighted by molar-refractivity contribution is -0.142. The van der Waals surface area contributed by atoms with E-state index in [4.69, 9.17) is 10.5 Å². The normalized spacial score (nSPS) is 28.9. The smallest absolute Gasteiger partial charge is 0.323 e. The van der Waals surface area contributed by atoms with Crippen LogP contribution in [0.1, 0.15) is 17.4 Å². The van der Waals surface area contributed by atoms with Crippen molar-refractivity contribution in [3.05, 3.63) is 22.4 Å². The average molecular weight is 183 g/mol. The van der Waals surface area contributed by atoms with Gasteiger partial charge in [0, 0.05) is 11.3 Å². The number of cyclic esters (lactones) is 1. The first-order chi connectivity index (χ1) is 5.77. The number of rotatable bonds is 1. The predicted molar refractivity (Wildman–Crippen MR) is 45.7 cm³/mol. The van der Waals surface area contributed by atoms with Gasteiger partial charge in [0.1, 0.15) is 12.1 Å². The molecule has 0 bridgehead atoms. The molecule has 1 aromatic heterocycles. The first-order valence-corrected chi connectivity index (χ1v) is 4.65. The molecule has 0 amide bonds. The minimum Gasteiger partial charge on any atom is -0.455 e. The van der Waals surface area contributed by atoms with Crippen LogP contribution in [-0.2, 0) is 9.53 Å². The maximum atomic E-state index is 10.9. The van der Waals surface area contributed by atoms with Crippen LogP contribution in [0.5, 0.6) is 0 Å². The molecule has 0 radical (unpaired) electrons. The second-order valence-electron chi connectivity index (χ2n) is 2.78. The molecule has 2 heterocycles. The van der Waals surface area contributed by atoms with Crippen LogP contribution in [0.2, 0.25) is 0 Å². The zero-order valence-electron chi connectivity index (χ0n) is 6.40. The highest BCUT2D eigenvalue weighted by atomic mass is 32.1. The molecule has 0 aromatic carbocycles. The molecule has 2 N–H and O–H groups in total. The molecule has 1 fully saturated rings. The maximum Gasteiger partial charge on any atom is 0.323 e. The van der Waals surface area contributed by atoms with Crippen molar-refractivity contribution in [3.63, 3.8) is 0 Å². The molecule has 64 valence electrons. The lowest BCUT2D eigenvalue weighted by Gasteiger charge is -2.03. The zero-order valence-corrected chi connectivity index (χ0v) is 7.21. The number of carbonyl (C=O) groups excluding carboxylic acids is 1. The van der Waals surface area contributed by atoms with Gasteiger partial charge in [-0.15, -0.1) is 11.3 Å². The number of esters is 1. The number of hydrogen-bond acceptors (Lipinski definition) is 4. The van der Waals surface area contributed by atoms with Crippen molar-refractivity contribution in [1.82, 2.24) is 0 Å². The molecule has 2 unspecified atom stereocenters. The summed E-state index contributed by atoms with van der Waals surface area (Å²) >= 11 is 1.59. The van der Waals surface area contributed by atoms with Crippen molar-refractivity contribution in [2.75, 3.05) is 0 Å². The molecule has 1 aliphatic rings. The van der Waals surface area contributed by atoms with E-state index in [1.807, 2.05) is 17.5 Å². The first kappa shape index (κ1) is 7.76.